The number of benzene rings is 3. The summed E-state index contributed by atoms with van der Waals surface area (Å²) < 4.78 is 21.2. The number of nitrogens with one attached hydrogen (secondary N) is 1. The molecule has 0 bridgehead atoms. The molecular formula is C41H37FN6O5. The summed E-state index contributed by atoms with van der Waals surface area (Å²) in [7, 11) is 0. The molecule has 1 N–H and O–H groups in total. The number of nitriles is 1. The number of fused-ring (bicyclic) bond motifs is 1. The zero-order valence-corrected chi connectivity index (χ0v) is 29.7. The number of hydrogen-bond donors (Lipinski definition) is 1. The van der Waals surface area contributed by atoms with E-state index in [9.17, 15) is 24.4 Å². The standard InChI is InChI=1S/C41H37FN6O5/c1-22-4-5-25(36-23(2)45-53-24(36)3)14-33(22)47(27-8-6-26(7-9-27)41(19-43)12-13-41)28-17-40(18-28)20-46(21-40)34-16-30-29(15-31(34)42)38(51)48(39(30)52)32-10-11-35(49)44-37(32)50/h4-9,14-16,28,32H,10-13,17-18,20-21H2,1-3H3,(H,44,49,50). The molecule has 268 valence electrons. The quantitative estimate of drug-likeness (QED) is 0.223. The number of aryl methyl sites for hydroxylation is 3. The monoisotopic (exact) mass is 712 g/mol. The first-order chi connectivity index (χ1) is 25.4. The largest absolute Gasteiger partial charge is 0.368 e. The van der Waals surface area contributed by atoms with Crippen LogP contribution in [0.15, 0.2) is 59.1 Å². The van der Waals surface area contributed by atoms with E-state index in [0.717, 1.165) is 81.7 Å². The molecule has 4 amide bonds. The molecule has 1 aromatic heterocycles. The fraction of sp³-hybridized carbons (Fsp3) is 0.366. The lowest BCUT2D eigenvalue weighted by atomic mass is 9.60. The number of carbonyl (C=O) groups excluding carboxylic acids is 4. The Kier molecular flexibility index (Phi) is 7.22. The minimum absolute atomic E-state index is 0.0110. The van der Waals surface area contributed by atoms with Gasteiger partial charge in [0.1, 0.15) is 17.6 Å². The Bertz CT molecular complexity index is 2290. The molecule has 2 aliphatic carbocycles. The van der Waals surface area contributed by atoms with E-state index in [4.69, 9.17) is 4.52 Å². The van der Waals surface area contributed by atoms with E-state index in [1.807, 2.05) is 18.7 Å². The number of imide groups is 2. The van der Waals surface area contributed by atoms with Gasteiger partial charge in [0.15, 0.2) is 0 Å². The molecule has 3 aliphatic heterocycles. The van der Waals surface area contributed by atoms with Crippen LogP contribution in [0.25, 0.3) is 11.1 Å². The number of hydrogen-bond acceptors (Lipinski definition) is 9. The first kappa shape index (κ1) is 33.0. The molecule has 12 heteroatoms. The summed E-state index contributed by atoms with van der Waals surface area (Å²) in [6.45, 7) is 7.14. The normalized spacial score (nSPS) is 21.2. The van der Waals surface area contributed by atoms with Crippen LogP contribution in [0.5, 0.6) is 0 Å². The lowest BCUT2D eigenvalue weighted by Crippen LogP contribution is -2.66. The molecule has 4 heterocycles. The molecule has 9 rings (SSSR count). The van der Waals surface area contributed by atoms with Crippen molar-refractivity contribution in [1.82, 2.24) is 15.4 Å². The van der Waals surface area contributed by atoms with E-state index >= 15 is 4.39 Å². The second-order valence-electron chi connectivity index (χ2n) is 15.5. The Morgan fingerprint density at radius 2 is 1.66 bits per heavy atom. The molecule has 2 saturated heterocycles. The van der Waals surface area contributed by atoms with Gasteiger partial charge in [-0.05, 0) is 99.9 Å². The SMILES string of the molecule is Cc1ccc(-c2c(C)noc2C)cc1N(c1ccc(C2(C#N)CC2)cc1)C1CC2(C1)CN(c1cc3c(cc1F)C(=O)N(C1CCC(=O)NC1=O)C3=O)C2. The molecular weight excluding hydrogens is 675 g/mol. The summed E-state index contributed by atoms with van der Waals surface area (Å²) in [5.41, 5.74) is 6.89. The number of piperidine rings is 1. The Balaban J connectivity index is 0.971. The summed E-state index contributed by atoms with van der Waals surface area (Å²) >= 11 is 0. The first-order valence-electron chi connectivity index (χ1n) is 18.1. The molecule has 53 heavy (non-hydrogen) atoms. The van der Waals surface area contributed by atoms with Gasteiger partial charge in [-0.2, -0.15) is 5.26 Å². The van der Waals surface area contributed by atoms with Gasteiger partial charge in [-0.15, -0.1) is 0 Å². The van der Waals surface area contributed by atoms with Crippen molar-refractivity contribution >= 4 is 40.7 Å². The van der Waals surface area contributed by atoms with Gasteiger partial charge in [0.2, 0.25) is 11.8 Å². The van der Waals surface area contributed by atoms with Crippen molar-refractivity contribution in [2.24, 2.45) is 5.41 Å². The number of amides is 4. The maximum absolute atomic E-state index is 15.7. The number of aromatic nitrogens is 1. The molecule has 5 aliphatic rings. The summed E-state index contributed by atoms with van der Waals surface area (Å²) in [4.78, 5) is 56.0. The predicted octanol–water partition coefficient (Wildman–Crippen LogP) is 6.17. The van der Waals surface area contributed by atoms with Crippen molar-refractivity contribution < 1.29 is 28.1 Å². The molecule has 3 aromatic carbocycles. The van der Waals surface area contributed by atoms with Crippen molar-refractivity contribution in [3.63, 3.8) is 0 Å². The highest BCUT2D eigenvalue weighted by molar-refractivity contribution is 6.23. The van der Waals surface area contributed by atoms with Crippen LogP contribution in [0.1, 0.15) is 81.8 Å². The van der Waals surface area contributed by atoms with E-state index in [1.54, 1.807) is 0 Å². The lowest BCUT2D eigenvalue weighted by Gasteiger charge is -2.62. The van der Waals surface area contributed by atoms with Gasteiger partial charge in [-0.25, -0.2) is 4.39 Å². The minimum Gasteiger partial charge on any atom is -0.368 e. The van der Waals surface area contributed by atoms with Crippen molar-refractivity contribution in [3.8, 4) is 17.2 Å². The molecule has 1 unspecified atom stereocenters. The van der Waals surface area contributed by atoms with Crippen molar-refractivity contribution in [2.45, 2.75) is 76.8 Å². The minimum atomic E-state index is -1.11. The first-order valence-corrected chi connectivity index (χ1v) is 18.1. The lowest BCUT2D eigenvalue weighted by molar-refractivity contribution is -0.136. The molecule has 0 radical (unpaired) electrons. The maximum Gasteiger partial charge on any atom is 0.262 e. The van der Waals surface area contributed by atoms with Crippen LogP contribution < -0.4 is 15.1 Å². The second kappa shape index (κ2) is 11.6. The van der Waals surface area contributed by atoms with E-state index in [2.05, 4.69) is 70.8 Å². The van der Waals surface area contributed by atoms with E-state index in [0.29, 0.717) is 13.1 Å². The topological polar surface area (TPSA) is 140 Å². The highest BCUT2D eigenvalue weighted by Crippen LogP contribution is 2.55. The number of nitrogens with zero attached hydrogens (tertiary/aromatic N) is 5. The van der Waals surface area contributed by atoms with Crippen LogP contribution in [-0.4, -0.2) is 58.9 Å². The third-order valence-corrected chi connectivity index (χ3v) is 12.1. The summed E-state index contributed by atoms with van der Waals surface area (Å²) in [6, 6.07) is 18.9. The van der Waals surface area contributed by atoms with Crippen LogP contribution in [0.4, 0.5) is 21.5 Å². The van der Waals surface area contributed by atoms with Gasteiger partial charge in [0.25, 0.3) is 11.8 Å². The fourth-order valence-corrected chi connectivity index (χ4v) is 9.03. The van der Waals surface area contributed by atoms with E-state index in [1.165, 1.54) is 6.07 Å². The summed E-state index contributed by atoms with van der Waals surface area (Å²) in [5, 5.41) is 16.2. The van der Waals surface area contributed by atoms with E-state index < -0.39 is 35.5 Å². The Morgan fingerprint density at radius 3 is 2.28 bits per heavy atom. The van der Waals surface area contributed by atoms with Crippen molar-refractivity contribution in [2.75, 3.05) is 22.9 Å². The highest BCUT2D eigenvalue weighted by Gasteiger charge is 2.55. The zero-order valence-electron chi connectivity index (χ0n) is 29.7. The van der Waals surface area contributed by atoms with Gasteiger partial charge < -0.3 is 14.3 Å². The van der Waals surface area contributed by atoms with Crippen molar-refractivity contribution in [3.05, 3.63) is 94.1 Å². The smallest absolute Gasteiger partial charge is 0.262 e. The summed E-state index contributed by atoms with van der Waals surface area (Å²) in [5.74, 6) is -2.38. The summed E-state index contributed by atoms with van der Waals surface area (Å²) in [6.07, 6.45) is 3.51. The van der Waals surface area contributed by atoms with Gasteiger partial charge >= 0.3 is 0 Å². The van der Waals surface area contributed by atoms with Gasteiger partial charge in [0, 0.05) is 47.9 Å². The van der Waals surface area contributed by atoms with E-state index in [-0.39, 0.29) is 46.5 Å². The van der Waals surface area contributed by atoms with Gasteiger partial charge in [-0.3, -0.25) is 29.4 Å². The Morgan fingerprint density at radius 1 is 0.962 bits per heavy atom. The molecule has 1 atom stereocenters. The van der Waals surface area contributed by atoms with Crippen LogP contribution in [0.2, 0.25) is 0 Å². The maximum atomic E-state index is 15.7. The zero-order chi connectivity index (χ0) is 37.0. The number of carbonyl (C=O) groups is 4. The second-order valence-corrected chi connectivity index (χ2v) is 15.5. The molecule has 11 nitrogen and oxygen atoms in total. The number of rotatable bonds is 7. The third kappa shape index (κ3) is 5.08. The van der Waals surface area contributed by atoms with Crippen LogP contribution in [-0.2, 0) is 15.0 Å². The van der Waals surface area contributed by atoms with Crippen LogP contribution >= 0.6 is 0 Å². The fourth-order valence-electron chi connectivity index (χ4n) is 9.03. The van der Waals surface area contributed by atoms with Crippen molar-refractivity contribution in [1.29, 1.82) is 5.26 Å². The van der Waals surface area contributed by atoms with Gasteiger partial charge in [-0.1, -0.05) is 29.4 Å². The molecule has 1 spiro atoms. The Labute approximate surface area is 305 Å². The average Bonchev–Trinajstić information content (AvgIpc) is 3.79. The Hall–Kier alpha value is -5.83. The predicted molar refractivity (Wildman–Crippen MR) is 192 cm³/mol. The van der Waals surface area contributed by atoms with Crippen LogP contribution in [0, 0.1) is 43.3 Å². The van der Waals surface area contributed by atoms with Crippen LogP contribution in [0.3, 0.4) is 0 Å². The number of anilines is 3. The highest BCUT2D eigenvalue weighted by atomic mass is 19.1. The molecule has 4 aromatic rings. The third-order valence-electron chi connectivity index (χ3n) is 12.1. The number of halogens is 1. The molecule has 2 saturated carbocycles. The van der Waals surface area contributed by atoms with Gasteiger partial charge in [0.05, 0.1) is 34.0 Å². The molecule has 4 fully saturated rings. The average molecular weight is 713 g/mol.